The zero-order valence-electron chi connectivity index (χ0n) is 17.4. The van der Waals surface area contributed by atoms with Crippen molar-refractivity contribution in [1.29, 1.82) is 0 Å². The molecule has 4 rings (SSSR count). The SMILES string of the molecule is CC(C)c1ccc(C(=O)Nc2sccc2C(=O)NCCc2nc3ccccc3[nH]2)cc1. The summed E-state index contributed by atoms with van der Waals surface area (Å²) in [6.45, 7) is 4.66. The molecule has 0 atom stereocenters. The van der Waals surface area contributed by atoms with Gasteiger partial charge in [0, 0.05) is 18.5 Å². The lowest BCUT2D eigenvalue weighted by molar-refractivity contribution is 0.0955. The summed E-state index contributed by atoms with van der Waals surface area (Å²) in [6.07, 6.45) is 0.592. The molecule has 7 heteroatoms. The first-order valence-electron chi connectivity index (χ1n) is 10.2. The van der Waals surface area contributed by atoms with Crippen molar-refractivity contribution < 1.29 is 9.59 Å². The molecule has 31 heavy (non-hydrogen) atoms. The van der Waals surface area contributed by atoms with E-state index in [0.717, 1.165) is 16.9 Å². The second-order valence-corrected chi connectivity index (χ2v) is 8.52. The Labute approximate surface area is 184 Å². The molecule has 0 bridgehead atoms. The number of nitrogens with zero attached hydrogens (tertiary/aromatic N) is 1. The molecule has 0 fully saturated rings. The molecule has 0 saturated carbocycles. The number of carbonyl (C=O) groups is 2. The highest BCUT2D eigenvalue weighted by molar-refractivity contribution is 7.14. The van der Waals surface area contributed by atoms with E-state index in [4.69, 9.17) is 0 Å². The predicted octanol–water partition coefficient (Wildman–Crippen LogP) is 4.97. The lowest BCUT2D eigenvalue weighted by atomic mass is 10.0. The molecule has 6 nitrogen and oxygen atoms in total. The van der Waals surface area contributed by atoms with E-state index in [9.17, 15) is 9.59 Å². The summed E-state index contributed by atoms with van der Waals surface area (Å²) in [4.78, 5) is 33.0. The van der Waals surface area contributed by atoms with Crippen LogP contribution in [0.2, 0.25) is 0 Å². The van der Waals surface area contributed by atoms with E-state index in [1.165, 1.54) is 16.9 Å². The van der Waals surface area contributed by atoms with Gasteiger partial charge in [0.25, 0.3) is 11.8 Å². The molecule has 0 radical (unpaired) electrons. The Morgan fingerprint density at radius 3 is 2.55 bits per heavy atom. The van der Waals surface area contributed by atoms with Gasteiger partial charge in [-0.25, -0.2) is 4.98 Å². The van der Waals surface area contributed by atoms with Crippen LogP contribution >= 0.6 is 11.3 Å². The molecule has 0 aliphatic rings. The number of carbonyl (C=O) groups excluding carboxylic acids is 2. The molecule has 0 aliphatic carbocycles. The molecule has 0 saturated heterocycles. The highest BCUT2D eigenvalue weighted by Gasteiger charge is 2.16. The number of hydrogen-bond acceptors (Lipinski definition) is 4. The molecule has 2 aromatic heterocycles. The molecular formula is C24H24N4O2S. The molecule has 4 aromatic rings. The number of aromatic amines is 1. The minimum absolute atomic E-state index is 0.220. The molecule has 0 aliphatic heterocycles. The molecule has 0 unspecified atom stereocenters. The van der Waals surface area contributed by atoms with Gasteiger partial charge in [-0.2, -0.15) is 0 Å². The molecule has 2 heterocycles. The lowest BCUT2D eigenvalue weighted by Crippen LogP contribution is -2.26. The lowest BCUT2D eigenvalue weighted by Gasteiger charge is -2.09. The van der Waals surface area contributed by atoms with Crippen molar-refractivity contribution >= 4 is 39.2 Å². The average molecular weight is 433 g/mol. The molecule has 3 N–H and O–H groups in total. The average Bonchev–Trinajstić information content (AvgIpc) is 3.40. The summed E-state index contributed by atoms with van der Waals surface area (Å²) in [5.41, 5.74) is 4.09. The van der Waals surface area contributed by atoms with E-state index < -0.39 is 0 Å². The first kappa shape index (κ1) is 20.8. The number of para-hydroxylation sites is 2. The van der Waals surface area contributed by atoms with Crippen molar-refractivity contribution in [3.8, 4) is 0 Å². The zero-order valence-corrected chi connectivity index (χ0v) is 18.3. The fraction of sp³-hybridized carbons (Fsp3) is 0.208. The molecule has 2 aromatic carbocycles. The van der Waals surface area contributed by atoms with Gasteiger partial charge in [-0.1, -0.05) is 38.1 Å². The van der Waals surface area contributed by atoms with Crippen LogP contribution in [0.1, 0.15) is 51.9 Å². The third kappa shape index (κ3) is 4.83. The number of thiophene rings is 1. The first-order chi connectivity index (χ1) is 15.0. The second kappa shape index (κ2) is 9.14. The summed E-state index contributed by atoms with van der Waals surface area (Å²) in [5, 5.41) is 8.11. The van der Waals surface area contributed by atoms with Crippen molar-refractivity contribution in [2.24, 2.45) is 0 Å². The molecule has 158 valence electrons. The highest BCUT2D eigenvalue weighted by atomic mass is 32.1. The Morgan fingerprint density at radius 2 is 1.81 bits per heavy atom. The minimum Gasteiger partial charge on any atom is -0.351 e. The van der Waals surface area contributed by atoms with Crippen LogP contribution in [0.5, 0.6) is 0 Å². The Hall–Kier alpha value is -3.45. The Morgan fingerprint density at radius 1 is 1.03 bits per heavy atom. The van der Waals surface area contributed by atoms with Crippen LogP contribution in [-0.4, -0.2) is 28.3 Å². The van der Waals surface area contributed by atoms with Crippen molar-refractivity contribution in [3.63, 3.8) is 0 Å². The van der Waals surface area contributed by atoms with E-state index in [0.29, 0.717) is 35.0 Å². The fourth-order valence-corrected chi connectivity index (χ4v) is 4.07. The van der Waals surface area contributed by atoms with Gasteiger partial charge in [0.15, 0.2) is 0 Å². The third-order valence-electron chi connectivity index (χ3n) is 5.06. The van der Waals surface area contributed by atoms with Gasteiger partial charge in [0.2, 0.25) is 0 Å². The third-order valence-corrected chi connectivity index (χ3v) is 5.89. The summed E-state index contributed by atoms with van der Waals surface area (Å²) in [7, 11) is 0. The Balaban J connectivity index is 1.35. The molecule has 2 amide bonds. The topological polar surface area (TPSA) is 86.9 Å². The number of H-pyrrole nitrogens is 1. The summed E-state index contributed by atoms with van der Waals surface area (Å²) in [5.74, 6) is 0.784. The van der Waals surface area contributed by atoms with Crippen LogP contribution in [0.3, 0.4) is 0 Å². The van der Waals surface area contributed by atoms with E-state index in [2.05, 4.69) is 34.4 Å². The van der Waals surface area contributed by atoms with E-state index in [1.54, 1.807) is 11.4 Å². The number of nitrogens with one attached hydrogen (secondary N) is 3. The van der Waals surface area contributed by atoms with Gasteiger partial charge in [-0.05, 0) is 47.2 Å². The van der Waals surface area contributed by atoms with Crippen LogP contribution in [0, 0.1) is 0 Å². The quantitative estimate of drug-likeness (QED) is 0.385. The summed E-state index contributed by atoms with van der Waals surface area (Å²) < 4.78 is 0. The maximum atomic E-state index is 12.6. The number of rotatable bonds is 7. The van der Waals surface area contributed by atoms with Gasteiger partial charge < -0.3 is 15.6 Å². The van der Waals surface area contributed by atoms with Crippen LogP contribution in [-0.2, 0) is 6.42 Å². The Kier molecular flexibility index (Phi) is 6.13. The standard InChI is InChI=1S/C24H24N4O2S/c1-15(2)16-7-9-17(10-8-16)22(29)28-24-18(12-14-31-24)23(30)25-13-11-21-26-19-5-3-4-6-20(19)27-21/h3-10,12,14-15H,11,13H2,1-2H3,(H,25,30)(H,26,27)(H,28,29). The first-order valence-corrected chi connectivity index (χ1v) is 11.1. The maximum absolute atomic E-state index is 12.6. The second-order valence-electron chi connectivity index (χ2n) is 7.60. The van der Waals surface area contributed by atoms with Crippen LogP contribution < -0.4 is 10.6 Å². The van der Waals surface area contributed by atoms with Crippen molar-refractivity contribution in [1.82, 2.24) is 15.3 Å². The van der Waals surface area contributed by atoms with Crippen molar-refractivity contribution in [2.45, 2.75) is 26.2 Å². The van der Waals surface area contributed by atoms with Gasteiger partial charge in [0.1, 0.15) is 10.8 Å². The zero-order chi connectivity index (χ0) is 21.8. The number of fused-ring (bicyclic) bond motifs is 1. The monoisotopic (exact) mass is 432 g/mol. The number of aromatic nitrogens is 2. The van der Waals surface area contributed by atoms with Gasteiger partial charge in [0.05, 0.1) is 16.6 Å². The van der Waals surface area contributed by atoms with E-state index in [-0.39, 0.29) is 11.8 Å². The van der Waals surface area contributed by atoms with Gasteiger partial charge >= 0.3 is 0 Å². The molecule has 0 spiro atoms. The van der Waals surface area contributed by atoms with Crippen LogP contribution in [0.25, 0.3) is 11.0 Å². The number of benzene rings is 2. The number of imidazole rings is 1. The smallest absolute Gasteiger partial charge is 0.256 e. The number of hydrogen-bond donors (Lipinski definition) is 3. The maximum Gasteiger partial charge on any atom is 0.256 e. The van der Waals surface area contributed by atoms with Gasteiger partial charge in [-0.3, -0.25) is 9.59 Å². The van der Waals surface area contributed by atoms with Crippen molar-refractivity contribution in [2.75, 3.05) is 11.9 Å². The minimum atomic E-state index is -0.228. The summed E-state index contributed by atoms with van der Waals surface area (Å²) in [6, 6.07) is 17.1. The van der Waals surface area contributed by atoms with Gasteiger partial charge in [-0.15, -0.1) is 11.3 Å². The number of amides is 2. The van der Waals surface area contributed by atoms with Crippen molar-refractivity contribution in [3.05, 3.63) is 82.5 Å². The Bertz CT molecular complexity index is 1170. The van der Waals surface area contributed by atoms with Crippen LogP contribution in [0.4, 0.5) is 5.00 Å². The fourth-order valence-electron chi connectivity index (χ4n) is 3.29. The molecular weight excluding hydrogens is 408 g/mol. The van der Waals surface area contributed by atoms with Crippen LogP contribution in [0.15, 0.2) is 60.0 Å². The summed E-state index contributed by atoms with van der Waals surface area (Å²) >= 11 is 1.33. The predicted molar refractivity (Wildman–Crippen MR) is 125 cm³/mol. The van der Waals surface area contributed by atoms with E-state index in [1.807, 2.05) is 48.5 Å². The van der Waals surface area contributed by atoms with E-state index >= 15 is 0 Å². The largest absolute Gasteiger partial charge is 0.351 e. The normalized spacial score (nSPS) is 11.1. The number of anilines is 1. The highest BCUT2D eigenvalue weighted by Crippen LogP contribution is 2.24.